The van der Waals surface area contributed by atoms with E-state index in [9.17, 15) is 0 Å². The molecule has 19 heavy (non-hydrogen) atoms. The number of hydrogen-bond acceptors (Lipinski definition) is 2. The Morgan fingerprint density at radius 2 is 1.37 bits per heavy atom. The molecule has 0 spiro atoms. The summed E-state index contributed by atoms with van der Waals surface area (Å²) >= 11 is 0. The van der Waals surface area contributed by atoms with Crippen LogP contribution in [0.5, 0.6) is 0 Å². The highest BCUT2D eigenvalue weighted by atomic mass is 17.2. The minimum Gasteiger partial charge on any atom is -0.235 e. The molecule has 0 atom stereocenters. The summed E-state index contributed by atoms with van der Waals surface area (Å²) in [5.74, 6) is 0.857. The van der Waals surface area contributed by atoms with E-state index in [1.807, 2.05) is 13.8 Å². The van der Waals surface area contributed by atoms with Crippen LogP contribution in [-0.4, -0.2) is 12.2 Å². The fraction of sp³-hybridized carbons (Fsp3) is 0.765. The van der Waals surface area contributed by atoms with Gasteiger partial charge in [-0.25, -0.2) is 9.78 Å². The summed E-state index contributed by atoms with van der Waals surface area (Å²) in [4.78, 5) is 11.2. The lowest BCUT2D eigenvalue weighted by Gasteiger charge is -2.34. The standard InChI is InChI=1S/C17H32O2/c1-9-11-17(12-10-2,15(5)6)13-18-19-16(7,8)14(3)4/h9-12,14-15H,13H2,1-8H3. The molecule has 0 unspecified atom stereocenters. The molecule has 2 heteroatoms. The maximum Gasteiger partial charge on any atom is 0.100 e. The van der Waals surface area contributed by atoms with Crippen LogP contribution in [0.3, 0.4) is 0 Å². The molecule has 0 bridgehead atoms. The van der Waals surface area contributed by atoms with Crippen molar-refractivity contribution in [1.82, 2.24) is 0 Å². The average Bonchev–Trinajstić information content (AvgIpc) is 2.28. The number of hydrogen-bond donors (Lipinski definition) is 0. The van der Waals surface area contributed by atoms with Gasteiger partial charge in [-0.15, -0.1) is 0 Å². The monoisotopic (exact) mass is 268 g/mol. The molecular weight excluding hydrogens is 236 g/mol. The predicted octanol–water partition coefficient (Wildman–Crippen LogP) is 5.16. The molecule has 0 aromatic carbocycles. The van der Waals surface area contributed by atoms with E-state index in [0.29, 0.717) is 18.4 Å². The van der Waals surface area contributed by atoms with Crippen LogP contribution in [0, 0.1) is 17.3 Å². The second kappa shape index (κ2) is 7.86. The van der Waals surface area contributed by atoms with Gasteiger partial charge in [0.15, 0.2) is 0 Å². The van der Waals surface area contributed by atoms with Crippen LogP contribution in [-0.2, 0) is 9.78 Å². The van der Waals surface area contributed by atoms with Crippen LogP contribution in [0.2, 0.25) is 0 Å². The average molecular weight is 268 g/mol. The third-order valence-electron chi connectivity index (χ3n) is 4.00. The van der Waals surface area contributed by atoms with Crippen molar-refractivity contribution in [1.29, 1.82) is 0 Å². The van der Waals surface area contributed by atoms with Gasteiger partial charge in [-0.2, -0.15) is 0 Å². The van der Waals surface area contributed by atoms with Crippen LogP contribution >= 0.6 is 0 Å². The van der Waals surface area contributed by atoms with Crippen LogP contribution in [0.15, 0.2) is 24.3 Å². The van der Waals surface area contributed by atoms with E-state index in [1.165, 1.54) is 0 Å². The van der Waals surface area contributed by atoms with Crippen molar-refractivity contribution in [2.75, 3.05) is 6.61 Å². The Morgan fingerprint density at radius 1 is 0.895 bits per heavy atom. The van der Waals surface area contributed by atoms with Crippen molar-refractivity contribution in [3.8, 4) is 0 Å². The Balaban J connectivity index is 4.77. The molecule has 0 heterocycles. The first kappa shape index (κ1) is 18.4. The van der Waals surface area contributed by atoms with E-state index in [2.05, 4.69) is 65.8 Å². The molecule has 0 aliphatic heterocycles. The van der Waals surface area contributed by atoms with Gasteiger partial charge in [0.25, 0.3) is 0 Å². The lowest BCUT2D eigenvalue weighted by Crippen LogP contribution is -2.35. The van der Waals surface area contributed by atoms with E-state index in [0.717, 1.165) is 0 Å². The Hall–Kier alpha value is -0.600. The molecule has 0 radical (unpaired) electrons. The highest BCUT2D eigenvalue weighted by Gasteiger charge is 2.31. The first-order chi connectivity index (χ1) is 8.72. The van der Waals surface area contributed by atoms with E-state index in [4.69, 9.17) is 9.78 Å². The summed E-state index contributed by atoms with van der Waals surface area (Å²) in [5, 5.41) is 0. The number of allylic oxidation sites excluding steroid dienone is 2. The smallest absolute Gasteiger partial charge is 0.100 e. The lowest BCUT2D eigenvalue weighted by molar-refractivity contribution is -0.370. The van der Waals surface area contributed by atoms with Crippen molar-refractivity contribution in [3.63, 3.8) is 0 Å². The maximum atomic E-state index is 5.62. The van der Waals surface area contributed by atoms with Gasteiger partial charge in [0.2, 0.25) is 0 Å². The third kappa shape index (κ3) is 5.50. The quantitative estimate of drug-likeness (QED) is 0.344. The molecular formula is C17H32O2. The Kier molecular flexibility index (Phi) is 7.61. The fourth-order valence-electron chi connectivity index (χ4n) is 1.70. The zero-order valence-electron chi connectivity index (χ0n) is 14.0. The molecule has 0 saturated carbocycles. The highest BCUT2D eigenvalue weighted by molar-refractivity contribution is 5.12. The van der Waals surface area contributed by atoms with E-state index < -0.39 is 0 Å². The van der Waals surface area contributed by atoms with Crippen molar-refractivity contribution in [3.05, 3.63) is 24.3 Å². The lowest BCUT2D eigenvalue weighted by atomic mass is 9.77. The molecule has 112 valence electrons. The molecule has 0 rings (SSSR count). The van der Waals surface area contributed by atoms with Crippen LogP contribution in [0.4, 0.5) is 0 Å². The summed E-state index contributed by atoms with van der Waals surface area (Å²) in [6.45, 7) is 17.4. The largest absolute Gasteiger partial charge is 0.235 e. The predicted molar refractivity (Wildman–Crippen MR) is 82.9 cm³/mol. The Bertz CT molecular complexity index is 286. The summed E-state index contributed by atoms with van der Waals surface area (Å²) in [7, 11) is 0. The highest BCUT2D eigenvalue weighted by Crippen LogP contribution is 2.33. The zero-order valence-corrected chi connectivity index (χ0v) is 14.0. The van der Waals surface area contributed by atoms with Gasteiger partial charge in [0, 0.05) is 5.41 Å². The molecule has 2 nitrogen and oxygen atoms in total. The van der Waals surface area contributed by atoms with Crippen LogP contribution in [0.1, 0.15) is 55.4 Å². The normalized spacial score (nSPS) is 16.9. The third-order valence-corrected chi connectivity index (χ3v) is 4.00. The minimum atomic E-state index is -0.269. The topological polar surface area (TPSA) is 18.5 Å². The summed E-state index contributed by atoms with van der Waals surface area (Å²) in [6, 6.07) is 0. The first-order valence-electron chi connectivity index (χ1n) is 7.30. The van der Waals surface area contributed by atoms with Gasteiger partial charge < -0.3 is 0 Å². The number of rotatable bonds is 8. The van der Waals surface area contributed by atoms with Gasteiger partial charge in [-0.05, 0) is 39.5 Å². The van der Waals surface area contributed by atoms with Crippen LogP contribution < -0.4 is 0 Å². The SMILES string of the molecule is CC=CC(C=CC)(COOC(C)(C)C(C)C)C(C)C. The second-order valence-corrected chi connectivity index (χ2v) is 6.37. The van der Waals surface area contributed by atoms with Gasteiger partial charge in [-0.1, -0.05) is 52.0 Å². The summed E-state index contributed by atoms with van der Waals surface area (Å²) < 4.78 is 0. The van der Waals surface area contributed by atoms with E-state index in [-0.39, 0.29) is 11.0 Å². The molecule has 0 N–H and O–H groups in total. The van der Waals surface area contributed by atoms with Gasteiger partial charge in [-0.3, -0.25) is 0 Å². The van der Waals surface area contributed by atoms with Crippen molar-refractivity contribution >= 4 is 0 Å². The fourth-order valence-corrected chi connectivity index (χ4v) is 1.70. The molecule has 0 saturated heterocycles. The molecule has 0 fully saturated rings. The van der Waals surface area contributed by atoms with E-state index >= 15 is 0 Å². The summed E-state index contributed by atoms with van der Waals surface area (Å²) in [6.07, 6.45) is 8.56. The van der Waals surface area contributed by atoms with E-state index in [1.54, 1.807) is 0 Å². The molecule has 0 amide bonds. The second-order valence-electron chi connectivity index (χ2n) is 6.37. The Morgan fingerprint density at radius 3 is 1.68 bits per heavy atom. The minimum absolute atomic E-state index is 0.101. The first-order valence-corrected chi connectivity index (χ1v) is 7.30. The van der Waals surface area contributed by atoms with Crippen molar-refractivity contribution in [2.45, 2.75) is 61.0 Å². The Labute approximate surface area is 119 Å². The van der Waals surface area contributed by atoms with Crippen molar-refractivity contribution in [2.24, 2.45) is 17.3 Å². The molecule has 0 aromatic rings. The van der Waals surface area contributed by atoms with Gasteiger partial charge in [0.05, 0.1) is 6.61 Å². The molecule has 0 aliphatic rings. The summed E-state index contributed by atoms with van der Waals surface area (Å²) in [5.41, 5.74) is -0.370. The maximum absolute atomic E-state index is 5.62. The zero-order chi connectivity index (χ0) is 15.1. The van der Waals surface area contributed by atoms with Gasteiger partial charge in [0.1, 0.15) is 5.60 Å². The molecule has 0 aromatic heterocycles. The van der Waals surface area contributed by atoms with Gasteiger partial charge >= 0.3 is 0 Å². The molecule has 0 aliphatic carbocycles. The van der Waals surface area contributed by atoms with Crippen molar-refractivity contribution < 1.29 is 9.78 Å². The van der Waals surface area contributed by atoms with Crippen LogP contribution in [0.25, 0.3) is 0 Å².